The van der Waals surface area contributed by atoms with E-state index in [4.69, 9.17) is 11.6 Å². The summed E-state index contributed by atoms with van der Waals surface area (Å²) < 4.78 is 27.2. The zero-order chi connectivity index (χ0) is 18.4. The normalized spacial score (nSPS) is 11.4. The Kier molecular flexibility index (Phi) is 6.41. The fourth-order valence-corrected chi connectivity index (χ4v) is 3.28. The van der Waals surface area contributed by atoms with Crippen LogP contribution in [0.4, 0.5) is 5.69 Å². The highest BCUT2D eigenvalue weighted by Crippen LogP contribution is 2.21. The van der Waals surface area contributed by atoms with E-state index in [0.29, 0.717) is 17.3 Å². The molecule has 25 heavy (non-hydrogen) atoms. The first-order chi connectivity index (χ1) is 11.8. The van der Waals surface area contributed by atoms with Gasteiger partial charge >= 0.3 is 10.2 Å². The van der Waals surface area contributed by atoms with Gasteiger partial charge in [-0.1, -0.05) is 41.9 Å². The molecule has 0 aliphatic rings. The Morgan fingerprint density at radius 1 is 1.04 bits per heavy atom. The highest BCUT2D eigenvalue weighted by atomic mass is 35.5. The van der Waals surface area contributed by atoms with Crippen molar-refractivity contribution >= 4 is 33.4 Å². The first kappa shape index (κ1) is 19.2. The summed E-state index contributed by atoms with van der Waals surface area (Å²) in [5.41, 5.74) is 1.30. The SMILES string of the molecule is CN(C)S(=O)(=O)N(CC(=O)NCc1ccccc1)c1ccc(Cl)cc1. The molecule has 2 aromatic rings. The molecular formula is C17H20ClN3O3S. The number of amides is 1. The van der Waals surface area contributed by atoms with Crippen LogP contribution in [0.3, 0.4) is 0 Å². The highest BCUT2D eigenvalue weighted by Gasteiger charge is 2.27. The Bertz CT molecular complexity index is 809. The molecule has 0 fully saturated rings. The van der Waals surface area contributed by atoms with Gasteiger partial charge in [-0.15, -0.1) is 0 Å². The third kappa shape index (κ3) is 5.19. The molecule has 6 nitrogen and oxygen atoms in total. The van der Waals surface area contributed by atoms with E-state index in [1.165, 1.54) is 14.1 Å². The molecule has 0 heterocycles. The fourth-order valence-electron chi connectivity index (χ4n) is 2.09. The van der Waals surface area contributed by atoms with Crippen LogP contribution in [0.2, 0.25) is 5.02 Å². The zero-order valence-electron chi connectivity index (χ0n) is 14.0. The minimum atomic E-state index is -3.82. The lowest BCUT2D eigenvalue weighted by Crippen LogP contribution is -2.45. The number of carbonyl (C=O) groups is 1. The Balaban J connectivity index is 2.15. The third-order valence-electron chi connectivity index (χ3n) is 3.47. The van der Waals surface area contributed by atoms with Gasteiger partial charge in [-0.3, -0.25) is 4.79 Å². The largest absolute Gasteiger partial charge is 0.350 e. The predicted molar refractivity (Wildman–Crippen MR) is 99.7 cm³/mol. The molecule has 2 aromatic carbocycles. The first-order valence-electron chi connectivity index (χ1n) is 7.57. The molecule has 8 heteroatoms. The van der Waals surface area contributed by atoms with Crippen LogP contribution >= 0.6 is 11.6 Å². The molecule has 0 atom stereocenters. The molecule has 0 saturated heterocycles. The van der Waals surface area contributed by atoms with Gasteiger partial charge in [0, 0.05) is 25.7 Å². The van der Waals surface area contributed by atoms with Crippen LogP contribution in [0, 0.1) is 0 Å². The van der Waals surface area contributed by atoms with Gasteiger partial charge in [-0.05, 0) is 29.8 Å². The van der Waals surface area contributed by atoms with Gasteiger partial charge in [-0.25, -0.2) is 4.31 Å². The van der Waals surface area contributed by atoms with Crippen LogP contribution in [-0.4, -0.2) is 39.3 Å². The van der Waals surface area contributed by atoms with Crippen LogP contribution < -0.4 is 9.62 Å². The fraction of sp³-hybridized carbons (Fsp3) is 0.235. The van der Waals surface area contributed by atoms with E-state index in [1.54, 1.807) is 24.3 Å². The molecule has 0 saturated carbocycles. The van der Waals surface area contributed by atoms with Crippen molar-refractivity contribution in [1.29, 1.82) is 0 Å². The minimum absolute atomic E-state index is 0.324. The number of anilines is 1. The van der Waals surface area contributed by atoms with E-state index in [9.17, 15) is 13.2 Å². The Morgan fingerprint density at radius 2 is 1.64 bits per heavy atom. The number of halogens is 1. The lowest BCUT2D eigenvalue weighted by molar-refractivity contribution is -0.119. The molecule has 0 aliphatic carbocycles. The molecule has 0 unspecified atom stereocenters. The number of nitrogens with one attached hydrogen (secondary N) is 1. The van der Waals surface area contributed by atoms with Crippen molar-refractivity contribution in [1.82, 2.24) is 9.62 Å². The van der Waals surface area contributed by atoms with Crippen molar-refractivity contribution in [3.8, 4) is 0 Å². The van der Waals surface area contributed by atoms with Gasteiger partial charge in [-0.2, -0.15) is 12.7 Å². The number of carbonyl (C=O) groups excluding carboxylic acids is 1. The zero-order valence-corrected chi connectivity index (χ0v) is 15.6. The van der Waals surface area contributed by atoms with Crippen LogP contribution in [-0.2, 0) is 21.5 Å². The monoisotopic (exact) mass is 381 g/mol. The molecule has 0 spiro atoms. The van der Waals surface area contributed by atoms with Gasteiger partial charge < -0.3 is 5.32 Å². The maximum absolute atomic E-state index is 12.6. The first-order valence-corrected chi connectivity index (χ1v) is 9.34. The lowest BCUT2D eigenvalue weighted by Gasteiger charge is -2.27. The van der Waals surface area contributed by atoms with Gasteiger partial charge in [0.15, 0.2) is 0 Å². The summed E-state index contributed by atoms with van der Waals surface area (Å²) in [5, 5.41) is 3.22. The summed E-state index contributed by atoms with van der Waals surface area (Å²) in [6, 6.07) is 15.7. The standard InChI is InChI=1S/C17H20ClN3O3S/c1-20(2)25(23,24)21(16-10-8-15(18)9-11-16)13-17(22)19-12-14-6-4-3-5-7-14/h3-11H,12-13H2,1-2H3,(H,19,22). The van der Waals surface area contributed by atoms with E-state index in [2.05, 4.69) is 5.32 Å². The maximum Gasteiger partial charge on any atom is 0.304 e. The van der Waals surface area contributed by atoms with Crippen LogP contribution in [0.25, 0.3) is 0 Å². The summed E-state index contributed by atoms with van der Waals surface area (Å²) in [6.45, 7) is 0.00508. The summed E-state index contributed by atoms with van der Waals surface area (Å²) in [6.07, 6.45) is 0. The van der Waals surface area contributed by atoms with Crippen molar-refractivity contribution in [2.45, 2.75) is 6.54 Å². The van der Waals surface area contributed by atoms with Gasteiger partial charge in [0.05, 0.1) is 5.69 Å². The van der Waals surface area contributed by atoms with E-state index < -0.39 is 16.1 Å². The van der Waals surface area contributed by atoms with Crippen molar-refractivity contribution in [2.75, 3.05) is 24.9 Å². The predicted octanol–water partition coefficient (Wildman–Crippen LogP) is 2.27. The smallest absolute Gasteiger partial charge is 0.304 e. The Hall–Kier alpha value is -2.09. The number of hydrogen-bond acceptors (Lipinski definition) is 3. The summed E-state index contributed by atoms with van der Waals surface area (Å²) in [4.78, 5) is 12.3. The number of benzene rings is 2. The van der Waals surface area contributed by atoms with E-state index in [0.717, 1.165) is 14.2 Å². The maximum atomic E-state index is 12.6. The number of rotatable bonds is 7. The number of nitrogens with zero attached hydrogens (tertiary/aromatic N) is 2. The van der Waals surface area contributed by atoms with Gasteiger partial charge in [0.25, 0.3) is 0 Å². The molecule has 134 valence electrons. The van der Waals surface area contributed by atoms with Crippen molar-refractivity contribution in [3.63, 3.8) is 0 Å². The van der Waals surface area contributed by atoms with Crippen molar-refractivity contribution < 1.29 is 13.2 Å². The average Bonchev–Trinajstić information content (AvgIpc) is 2.59. The van der Waals surface area contributed by atoms with Crippen molar-refractivity contribution in [3.05, 3.63) is 65.2 Å². The molecule has 0 aliphatic heterocycles. The second kappa shape index (κ2) is 8.33. The van der Waals surface area contributed by atoms with Crippen molar-refractivity contribution in [2.24, 2.45) is 0 Å². The van der Waals surface area contributed by atoms with Crippen LogP contribution in [0.5, 0.6) is 0 Å². The third-order valence-corrected chi connectivity index (χ3v) is 5.55. The molecule has 0 bridgehead atoms. The summed E-state index contributed by atoms with van der Waals surface area (Å²) >= 11 is 5.86. The van der Waals surface area contributed by atoms with Crippen LogP contribution in [0.1, 0.15) is 5.56 Å². The van der Waals surface area contributed by atoms with E-state index >= 15 is 0 Å². The highest BCUT2D eigenvalue weighted by molar-refractivity contribution is 7.90. The molecule has 0 aromatic heterocycles. The average molecular weight is 382 g/mol. The second-order valence-electron chi connectivity index (χ2n) is 5.54. The minimum Gasteiger partial charge on any atom is -0.350 e. The molecule has 1 N–H and O–H groups in total. The molecule has 1 amide bonds. The van der Waals surface area contributed by atoms with Gasteiger partial charge in [0.1, 0.15) is 6.54 Å². The Labute approximate surface area is 153 Å². The molecular weight excluding hydrogens is 362 g/mol. The lowest BCUT2D eigenvalue weighted by atomic mass is 10.2. The topological polar surface area (TPSA) is 69.7 Å². The van der Waals surface area contributed by atoms with Gasteiger partial charge in [0.2, 0.25) is 5.91 Å². The number of hydrogen-bond donors (Lipinski definition) is 1. The quantitative estimate of drug-likeness (QED) is 0.799. The Morgan fingerprint density at radius 3 is 2.20 bits per heavy atom. The van der Waals surface area contributed by atoms with E-state index in [1.807, 2.05) is 30.3 Å². The van der Waals surface area contributed by atoms with Crippen LogP contribution in [0.15, 0.2) is 54.6 Å². The molecule has 0 radical (unpaired) electrons. The van der Waals surface area contributed by atoms with E-state index in [-0.39, 0.29) is 6.54 Å². The summed E-state index contributed by atoms with van der Waals surface area (Å²) in [5.74, 6) is -0.399. The summed E-state index contributed by atoms with van der Waals surface area (Å²) in [7, 11) is -0.987. The molecule has 2 rings (SSSR count). The second-order valence-corrected chi connectivity index (χ2v) is 8.04.